The maximum absolute atomic E-state index is 13.8. The molecule has 1 unspecified atom stereocenters. The number of aromatic hydroxyl groups is 3. The van der Waals surface area contributed by atoms with Crippen LogP contribution < -0.4 is 14.9 Å². The highest BCUT2D eigenvalue weighted by molar-refractivity contribution is 5.88. The molecular formula is C27H30O16. The third kappa shape index (κ3) is 5.44. The molecule has 0 bridgehead atoms. The Hall–Kier alpha value is -3.71. The third-order valence-electron chi connectivity index (χ3n) is 7.29. The highest BCUT2D eigenvalue weighted by Gasteiger charge is 2.53. The zero-order valence-corrected chi connectivity index (χ0v) is 22.4. The number of hydrogen-bond acceptors (Lipinski definition) is 16. The molecule has 8 atom stereocenters. The lowest BCUT2D eigenvalue weighted by Crippen LogP contribution is -2.62. The van der Waals surface area contributed by atoms with Crippen LogP contribution in [0.1, 0.15) is 0 Å². The van der Waals surface area contributed by atoms with Crippen molar-refractivity contribution in [3.63, 3.8) is 0 Å². The van der Waals surface area contributed by atoms with Gasteiger partial charge >= 0.3 is 0 Å². The summed E-state index contributed by atoms with van der Waals surface area (Å²) in [7, 11) is 1.31. The van der Waals surface area contributed by atoms with E-state index in [1.807, 2.05) is 0 Å². The van der Waals surface area contributed by atoms with Crippen molar-refractivity contribution in [1.29, 1.82) is 0 Å². The van der Waals surface area contributed by atoms with Crippen LogP contribution in [0.15, 0.2) is 39.5 Å². The van der Waals surface area contributed by atoms with Crippen molar-refractivity contribution in [3.8, 4) is 40.1 Å². The Morgan fingerprint density at radius 1 is 1.00 bits per heavy atom. The molecule has 5 rings (SSSR count). The number of methoxy groups -OCH3 is 1. The second-order valence-electron chi connectivity index (χ2n) is 10.1. The van der Waals surface area contributed by atoms with Crippen molar-refractivity contribution < 1.29 is 74.1 Å². The van der Waals surface area contributed by atoms with Crippen LogP contribution in [0.5, 0.6) is 28.7 Å². The number of aliphatic hydroxyl groups is 6. The van der Waals surface area contributed by atoms with E-state index in [2.05, 4.69) is 0 Å². The smallest absolute Gasteiger partial charge is 0.239 e. The molecule has 0 saturated carbocycles. The second kappa shape index (κ2) is 11.8. The van der Waals surface area contributed by atoms with E-state index in [4.69, 9.17) is 28.1 Å². The summed E-state index contributed by atoms with van der Waals surface area (Å²) in [5.41, 5.74) is -3.34. The van der Waals surface area contributed by atoms with Crippen LogP contribution in [0.3, 0.4) is 0 Å². The molecule has 2 saturated heterocycles. The van der Waals surface area contributed by atoms with E-state index < -0.39 is 96.6 Å². The van der Waals surface area contributed by atoms with Crippen molar-refractivity contribution in [2.45, 2.75) is 48.7 Å². The Balaban J connectivity index is 1.62. The number of aliphatic hydroxyl groups excluding tert-OH is 5. The average Bonchev–Trinajstić information content (AvgIpc) is 3.26. The van der Waals surface area contributed by atoms with E-state index in [0.29, 0.717) is 0 Å². The van der Waals surface area contributed by atoms with Gasteiger partial charge in [0.15, 0.2) is 29.7 Å². The van der Waals surface area contributed by atoms with Crippen molar-refractivity contribution >= 4 is 11.0 Å². The number of hydrogen-bond donors (Lipinski definition) is 9. The lowest BCUT2D eigenvalue weighted by Gasteiger charge is -2.42. The van der Waals surface area contributed by atoms with E-state index >= 15 is 0 Å². The minimum absolute atomic E-state index is 0.0465. The van der Waals surface area contributed by atoms with Crippen LogP contribution >= 0.6 is 0 Å². The Morgan fingerprint density at radius 3 is 2.37 bits per heavy atom. The largest absolute Gasteiger partial charge is 0.508 e. The van der Waals surface area contributed by atoms with Crippen molar-refractivity contribution in [3.05, 3.63) is 40.6 Å². The van der Waals surface area contributed by atoms with Crippen LogP contribution in [0.4, 0.5) is 0 Å². The fourth-order valence-electron chi connectivity index (χ4n) is 4.87. The molecule has 3 aromatic rings. The van der Waals surface area contributed by atoms with Gasteiger partial charge in [-0.3, -0.25) is 4.79 Å². The van der Waals surface area contributed by atoms with Gasteiger partial charge in [0, 0.05) is 17.7 Å². The Kier molecular flexibility index (Phi) is 8.41. The summed E-state index contributed by atoms with van der Waals surface area (Å²) in [6, 6.07) is 5.85. The lowest BCUT2D eigenvalue weighted by atomic mass is 9.98. The summed E-state index contributed by atoms with van der Waals surface area (Å²) in [5.74, 6) is -2.40. The van der Waals surface area contributed by atoms with Gasteiger partial charge in [-0.1, -0.05) is 0 Å². The summed E-state index contributed by atoms with van der Waals surface area (Å²) in [6.45, 7) is -2.27. The molecule has 0 spiro atoms. The van der Waals surface area contributed by atoms with Crippen molar-refractivity contribution in [2.24, 2.45) is 0 Å². The summed E-state index contributed by atoms with van der Waals surface area (Å²) in [5, 5.41) is 91.8. The Bertz CT molecular complexity index is 1540. The summed E-state index contributed by atoms with van der Waals surface area (Å²) < 4.78 is 33.2. The zero-order valence-electron chi connectivity index (χ0n) is 22.4. The molecule has 9 N–H and O–H groups in total. The van der Waals surface area contributed by atoms with Crippen LogP contribution in [0, 0.1) is 0 Å². The molecule has 0 radical (unpaired) electrons. The molecule has 16 heteroatoms. The SMILES string of the molecule is COc1ccc(-c2oc3cc(O)cc(O)c3c(=O)c2O[C@@H]2O[C@H](CO)[C@H](O)[C@H](O)[C@H]2OC2OC[C@@](O)(CO)[C@@H]2O)cc1O. The maximum atomic E-state index is 13.8. The minimum atomic E-state index is -2.11. The van der Waals surface area contributed by atoms with Gasteiger partial charge in [-0.15, -0.1) is 0 Å². The first-order valence-electron chi connectivity index (χ1n) is 12.9. The standard InChI is InChI=1S/C27H30O16/c1-38-14-3-2-10(4-12(14)31)21-22(19(34)17-13(32)5-11(30)6-15(17)40-21)42-25-23(20(35)18(33)16(7-28)41-25)43-26-24(36)27(37,8-29)9-39-26/h2-6,16,18,20,23-26,28-33,35-37H,7-9H2,1H3/t16-,18+,20+,23-,24-,25+,26?,27+/m1/s1. The molecule has 2 fully saturated rings. The highest BCUT2D eigenvalue weighted by atomic mass is 16.8. The number of ether oxygens (including phenoxy) is 5. The normalized spacial score (nSPS) is 30.9. The fourth-order valence-corrected chi connectivity index (χ4v) is 4.87. The van der Waals surface area contributed by atoms with Crippen LogP contribution in [-0.2, 0) is 14.2 Å². The van der Waals surface area contributed by atoms with Gasteiger partial charge in [0.25, 0.3) is 0 Å². The van der Waals surface area contributed by atoms with Crippen molar-refractivity contribution in [1.82, 2.24) is 0 Å². The molecule has 2 aromatic carbocycles. The zero-order chi connectivity index (χ0) is 31.2. The topological polar surface area (TPSA) is 258 Å². The van der Waals surface area contributed by atoms with Gasteiger partial charge in [0.05, 0.1) is 26.9 Å². The second-order valence-corrected chi connectivity index (χ2v) is 10.1. The van der Waals surface area contributed by atoms with Gasteiger partial charge in [0.1, 0.15) is 52.5 Å². The molecular weight excluding hydrogens is 580 g/mol. The first-order chi connectivity index (χ1) is 20.4. The van der Waals surface area contributed by atoms with E-state index in [0.717, 1.165) is 12.1 Å². The number of phenolic OH excluding ortho intramolecular Hbond substituents is 3. The quantitative estimate of drug-likeness (QED) is 0.137. The monoisotopic (exact) mass is 610 g/mol. The van der Waals surface area contributed by atoms with E-state index in [-0.39, 0.29) is 28.4 Å². The number of fused-ring (bicyclic) bond motifs is 1. The van der Waals surface area contributed by atoms with Gasteiger partial charge in [0.2, 0.25) is 17.5 Å². The molecule has 0 amide bonds. The fraction of sp³-hybridized carbons (Fsp3) is 0.444. The third-order valence-corrected chi connectivity index (χ3v) is 7.29. The lowest BCUT2D eigenvalue weighted by molar-refractivity contribution is -0.319. The number of phenols is 3. The van der Waals surface area contributed by atoms with E-state index in [9.17, 15) is 50.8 Å². The first kappa shape index (κ1) is 30.7. The molecule has 234 valence electrons. The average molecular weight is 611 g/mol. The number of benzene rings is 2. The maximum Gasteiger partial charge on any atom is 0.239 e. The van der Waals surface area contributed by atoms with E-state index in [1.165, 1.54) is 25.3 Å². The molecule has 1 aromatic heterocycles. The van der Waals surface area contributed by atoms with E-state index in [1.54, 1.807) is 0 Å². The predicted molar refractivity (Wildman–Crippen MR) is 141 cm³/mol. The van der Waals surface area contributed by atoms with Crippen LogP contribution in [0.2, 0.25) is 0 Å². The van der Waals surface area contributed by atoms with Gasteiger partial charge in [-0.05, 0) is 18.2 Å². The Morgan fingerprint density at radius 2 is 1.74 bits per heavy atom. The minimum Gasteiger partial charge on any atom is -0.508 e. The summed E-state index contributed by atoms with van der Waals surface area (Å²) >= 11 is 0. The molecule has 2 aliphatic heterocycles. The van der Waals surface area contributed by atoms with Crippen molar-refractivity contribution in [2.75, 3.05) is 26.9 Å². The molecule has 0 aliphatic carbocycles. The van der Waals surface area contributed by atoms with Crippen LogP contribution in [0.25, 0.3) is 22.3 Å². The van der Waals surface area contributed by atoms with Gasteiger partial charge in [-0.2, -0.15) is 0 Å². The van der Waals surface area contributed by atoms with Gasteiger partial charge < -0.3 is 74.1 Å². The predicted octanol–water partition coefficient (Wildman–Crippen LogP) is -1.77. The molecule has 43 heavy (non-hydrogen) atoms. The summed E-state index contributed by atoms with van der Waals surface area (Å²) in [6.07, 6.45) is -12.2. The Labute approximate surface area is 241 Å². The van der Waals surface area contributed by atoms with Crippen LogP contribution in [-0.4, -0.2) is 122 Å². The number of rotatable bonds is 8. The molecule has 2 aliphatic rings. The summed E-state index contributed by atoms with van der Waals surface area (Å²) in [4.78, 5) is 13.8. The first-order valence-corrected chi connectivity index (χ1v) is 12.9. The highest BCUT2D eigenvalue weighted by Crippen LogP contribution is 2.40. The molecule has 3 heterocycles. The van der Waals surface area contributed by atoms with Gasteiger partial charge in [-0.25, -0.2) is 0 Å². The molecule has 16 nitrogen and oxygen atoms in total.